The average molecular weight is 450 g/mol. The van der Waals surface area contributed by atoms with Gasteiger partial charge < -0.3 is 14.6 Å². The van der Waals surface area contributed by atoms with E-state index in [1.54, 1.807) is 6.20 Å². The number of aromatic nitrogens is 3. The zero-order chi connectivity index (χ0) is 22.7. The predicted octanol–water partition coefficient (Wildman–Crippen LogP) is 4.59. The standard InChI is InChI=1S/C21H18F4N4O3/c22-16-8-14(18-28-19(32-29-18)21(23,24)25)5-6-15(16)10-27-20(30)31-11-12-7-13-3-1-2-4-17(13)26-9-12/h5-9H,1-4,10-11H2,(H,27,30). The van der Waals surface area contributed by atoms with Crippen molar-refractivity contribution >= 4 is 6.09 Å². The summed E-state index contributed by atoms with van der Waals surface area (Å²) in [4.78, 5) is 19.6. The number of carbonyl (C=O) groups is 1. The fourth-order valence-corrected chi connectivity index (χ4v) is 3.37. The number of hydrogen-bond acceptors (Lipinski definition) is 6. The van der Waals surface area contributed by atoms with E-state index in [4.69, 9.17) is 4.74 Å². The first kappa shape index (κ1) is 21.7. The lowest BCUT2D eigenvalue weighted by Crippen LogP contribution is -2.24. The summed E-state index contributed by atoms with van der Waals surface area (Å²) in [5, 5.41) is 5.65. The van der Waals surface area contributed by atoms with Crippen molar-refractivity contribution in [3.63, 3.8) is 0 Å². The first-order valence-electron chi connectivity index (χ1n) is 9.86. The molecule has 1 aliphatic rings. The molecule has 2 heterocycles. The number of hydrogen-bond donors (Lipinski definition) is 1. The number of ether oxygens (including phenoxy) is 1. The second kappa shape index (κ2) is 8.93. The molecule has 4 rings (SSSR count). The van der Waals surface area contributed by atoms with Gasteiger partial charge in [0.15, 0.2) is 0 Å². The summed E-state index contributed by atoms with van der Waals surface area (Å²) in [5.41, 5.74) is 3.14. The largest absolute Gasteiger partial charge is 0.471 e. The van der Waals surface area contributed by atoms with Crippen molar-refractivity contribution in [2.45, 2.75) is 45.0 Å². The van der Waals surface area contributed by atoms with Crippen molar-refractivity contribution in [2.24, 2.45) is 0 Å². The summed E-state index contributed by atoms with van der Waals surface area (Å²) in [5.74, 6) is -2.66. The van der Waals surface area contributed by atoms with Gasteiger partial charge in [0.25, 0.3) is 0 Å². The number of alkyl halides is 3. The molecule has 11 heteroatoms. The Hall–Kier alpha value is -3.50. The molecule has 0 aliphatic heterocycles. The molecule has 1 aliphatic carbocycles. The number of pyridine rings is 1. The van der Waals surface area contributed by atoms with Crippen LogP contribution in [0.5, 0.6) is 0 Å². The number of amides is 1. The Kier molecular flexibility index (Phi) is 6.06. The van der Waals surface area contributed by atoms with E-state index in [1.165, 1.54) is 17.7 Å². The molecule has 1 N–H and O–H groups in total. The third kappa shape index (κ3) is 5.04. The molecule has 0 radical (unpaired) electrons. The SMILES string of the molecule is O=C(NCc1ccc(-c2noc(C(F)(F)F)n2)cc1F)OCc1cnc2c(c1)CCCC2. The predicted molar refractivity (Wildman–Crippen MR) is 103 cm³/mol. The number of carbonyl (C=O) groups excluding carboxylic acids is 1. The molecule has 0 unspecified atom stereocenters. The number of nitrogens with zero attached hydrogens (tertiary/aromatic N) is 3. The van der Waals surface area contributed by atoms with Crippen LogP contribution in [0.3, 0.4) is 0 Å². The minimum absolute atomic E-state index is 0.00739. The summed E-state index contributed by atoms with van der Waals surface area (Å²) in [6.45, 7) is -0.139. The van der Waals surface area contributed by atoms with Crippen LogP contribution in [-0.4, -0.2) is 21.2 Å². The molecule has 0 saturated heterocycles. The van der Waals surface area contributed by atoms with E-state index in [9.17, 15) is 22.4 Å². The van der Waals surface area contributed by atoms with E-state index in [1.807, 2.05) is 6.07 Å². The first-order chi connectivity index (χ1) is 15.3. The molecular formula is C21H18F4N4O3. The second-order valence-electron chi connectivity index (χ2n) is 7.31. The topological polar surface area (TPSA) is 90.1 Å². The Morgan fingerprint density at radius 2 is 2.00 bits per heavy atom. The third-order valence-electron chi connectivity index (χ3n) is 5.00. The van der Waals surface area contributed by atoms with Crippen LogP contribution >= 0.6 is 0 Å². The van der Waals surface area contributed by atoms with E-state index in [2.05, 4.69) is 25.0 Å². The summed E-state index contributed by atoms with van der Waals surface area (Å²) >= 11 is 0. The molecule has 168 valence electrons. The van der Waals surface area contributed by atoms with Gasteiger partial charge in [0, 0.05) is 35.1 Å². The number of fused-ring (bicyclic) bond motifs is 1. The highest BCUT2D eigenvalue weighted by Gasteiger charge is 2.38. The lowest BCUT2D eigenvalue weighted by atomic mass is 9.95. The van der Waals surface area contributed by atoms with E-state index >= 15 is 0 Å². The van der Waals surface area contributed by atoms with Gasteiger partial charge in [-0.15, -0.1) is 0 Å². The van der Waals surface area contributed by atoms with Crippen molar-refractivity contribution in [3.05, 3.63) is 64.6 Å². The molecular weight excluding hydrogens is 432 g/mol. The summed E-state index contributed by atoms with van der Waals surface area (Å²) in [7, 11) is 0. The van der Waals surface area contributed by atoms with Gasteiger partial charge in [-0.1, -0.05) is 17.3 Å². The molecule has 0 atom stereocenters. The zero-order valence-electron chi connectivity index (χ0n) is 16.7. The maximum Gasteiger partial charge on any atom is 0.471 e. The Morgan fingerprint density at radius 3 is 2.75 bits per heavy atom. The molecule has 0 fully saturated rings. The molecule has 2 aromatic heterocycles. The Labute approximate surface area is 179 Å². The third-order valence-corrected chi connectivity index (χ3v) is 5.00. The fraction of sp³-hybridized carbons (Fsp3) is 0.333. The number of halogens is 4. The van der Waals surface area contributed by atoms with Crippen molar-refractivity contribution in [1.82, 2.24) is 20.4 Å². The average Bonchev–Trinajstić information content (AvgIpc) is 3.28. The van der Waals surface area contributed by atoms with Crippen LogP contribution < -0.4 is 5.32 Å². The lowest BCUT2D eigenvalue weighted by Gasteiger charge is -2.15. The Bertz CT molecular complexity index is 1130. The maximum absolute atomic E-state index is 14.3. The smallest absolute Gasteiger partial charge is 0.445 e. The van der Waals surface area contributed by atoms with Crippen LogP contribution in [0.1, 0.15) is 41.1 Å². The minimum atomic E-state index is -4.79. The van der Waals surface area contributed by atoms with Gasteiger partial charge in [0.2, 0.25) is 5.82 Å². The quantitative estimate of drug-likeness (QED) is 0.572. The molecule has 1 aromatic carbocycles. The van der Waals surface area contributed by atoms with E-state index < -0.39 is 29.8 Å². The molecule has 3 aromatic rings. The number of alkyl carbamates (subject to hydrolysis) is 1. The lowest BCUT2D eigenvalue weighted by molar-refractivity contribution is -0.159. The highest BCUT2D eigenvalue weighted by Crippen LogP contribution is 2.29. The molecule has 0 bridgehead atoms. The molecule has 7 nitrogen and oxygen atoms in total. The van der Waals surface area contributed by atoms with Gasteiger partial charge in [-0.3, -0.25) is 4.98 Å². The molecule has 32 heavy (non-hydrogen) atoms. The second-order valence-corrected chi connectivity index (χ2v) is 7.31. The van der Waals surface area contributed by atoms with Gasteiger partial charge in [-0.05, 0) is 43.4 Å². The minimum Gasteiger partial charge on any atom is -0.445 e. The maximum atomic E-state index is 14.3. The van der Waals surface area contributed by atoms with Crippen molar-refractivity contribution in [3.8, 4) is 11.4 Å². The van der Waals surface area contributed by atoms with Crippen molar-refractivity contribution < 1.29 is 31.6 Å². The summed E-state index contributed by atoms with van der Waals surface area (Å²) in [6.07, 6.45) is 0.302. The van der Waals surface area contributed by atoms with E-state index in [0.717, 1.165) is 43.0 Å². The van der Waals surface area contributed by atoms with Gasteiger partial charge in [0.05, 0.1) is 0 Å². The van der Waals surface area contributed by atoms with Crippen LogP contribution in [0.2, 0.25) is 0 Å². The monoisotopic (exact) mass is 450 g/mol. The number of nitrogens with one attached hydrogen (secondary N) is 1. The van der Waals surface area contributed by atoms with Gasteiger partial charge in [-0.2, -0.15) is 18.2 Å². The van der Waals surface area contributed by atoms with Crippen LogP contribution in [0.15, 0.2) is 35.0 Å². The Balaban J connectivity index is 1.31. The Morgan fingerprint density at radius 1 is 1.19 bits per heavy atom. The zero-order valence-corrected chi connectivity index (χ0v) is 16.7. The molecule has 0 saturated carbocycles. The highest BCUT2D eigenvalue weighted by atomic mass is 19.4. The summed E-state index contributed by atoms with van der Waals surface area (Å²) < 4.78 is 61.3. The number of benzene rings is 1. The van der Waals surface area contributed by atoms with E-state index in [-0.39, 0.29) is 24.3 Å². The number of rotatable bonds is 5. The highest BCUT2D eigenvalue weighted by molar-refractivity contribution is 5.67. The van der Waals surface area contributed by atoms with Gasteiger partial charge in [0.1, 0.15) is 12.4 Å². The van der Waals surface area contributed by atoms with Gasteiger partial charge >= 0.3 is 18.2 Å². The van der Waals surface area contributed by atoms with Crippen LogP contribution in [0.25, 0.3) is 11.4 Å². The normalized spacial score (nSPS) is 13.5. The van der Waals surface area contributed by atoms with Crippen molar-refractivity contribution in [2.75, 3.05) is 0 Å². The number of aryl methyl sites for hydroxylation is 2. The first-order valence-corrected chi connectivity index (χ1v) is 9.86. The van der Waals surface area contributed by atoms with Crippen LogP contribution in [0, 0.1) is 5.82 Å². The van der Waals surface area contributed by atoms with Crippen molar-refractivity contribution in [1.29, 1.82) is 0 Å². The summed E-state index contributed by atoms with van der Waals surface area (Å²) in [6, 6.07) is 5.58. The van der Waals surface area contributed by atoms with Gasteiger partial charge in [-0.25, -0.2) is 9.18 Å². The van der Waals surface area contributed by atoms with Crippen LogP contribution in [-0.2, 0) is 36.9 Å². The fourth-order valence-electron chi connectivity index (χ4n) is 3.37. The molecule has 0 spiro atoms. The molecule has 1 amide bonds. The van der Waals surface area contributed by atoms with E-state index in [0.29, 0.717) is 0 Å². The van der Waals surface area contributed by atoms with Crippen LogP contribution in [0.4, 0.5) is 22.4 Å².